The summed E-state index contributed by atoms with van der Waals surface area (Å²) in [7, 11) is 0. The molecule has 0 saturated carbocycles. The van der Waals surface area contributed by atoms with Gasteiger partial charge >= 0.3 is 5.97 Å². The van der Waals surface area contributed by atoms with Crippen LogP contribution in [0.15, 0.2) is 30.3 Å². The Morgan fingerprint density at radius 2 is 1.90 bits per heavy atom. The highest BCUT2D eigenvalue weighted by Gasteiger charge is 2.09. The van der Waals surface area contributed by atoms with E-state index >= 15 is 0 Å². The smallest absolute Gasteiger partial charge is 0.313 e. The third kappa shape index (κ3) is 8.94. The number of carbonyl (C=O) groups excluding carboxylic acids is 2. The summed E-state index contributed by atoms with van der Waals surface area (Å²) in [6.45, 7) is 3.95. The molecule has 5 heteroatoms. The van der Waals surface area contributed by atoms with Gasteiger partial charge in [-0.25, -0.2) is 0 Å². The Morgan fingerprint density at radius 3 is 2.62 bits per heavy atom. The molecule has 0 unspecified atom stereocenters. The molecule has 0 saturated heterocycles. The standard InChI is InChI=1S/C16H23NO4/c1-2-21-16(19)12-15(18)13-20-11-10-17-9-8-14-6-4-3-5-7-14/h3-7,17H,2,8-13H2,1H3. The van der Waals surface area contributed by atoms with Crippen LogP contribution in [0.25, 0.3) is 0 Å². The molecule has 0 aliphatic carbocycles. The maximum Gasteiger partial charge on any atom is 0.313 e. The zero-order valence-electron chi connectivity index (χ0n) is 12.5. The van der Waals surface area contributed by atoms with Crippen LogP contribution in [0.4, 0.5) is 0 Å². The van der Waals surface area contributed by atoms with E-state index < -0.39 is 5.97 Å². The first-order chi connectivity index (χ1) is 10.2. The van der Waals surface area contributed by atoms with Gasteiger partial charge in [0.2, 0.25) is 0 Å². The fourth-order valence-electron chi connectivity index (χ4n) is 1.76. The highest BCUT2D eigenvalue weighted by molar-refractivity contribution is 5.96. The van der Waals surface area contributed by atoms with E-state index in [2.05, 4.69) is 22.2 Å². The van der Waals surface area contributed by atoms with E-state index in [1.165, 1.54) is 5.56 Å². The number of benzene rings is 1. The van der Waals surface area contributed by atoms with Crippen molar-refractivity contribution < 1.29 is 19.1 Å². The van der Waals surface area contributed by atoms with Gasteiger partial charge in [-0.15, -0.1) is 0 Å². The lowest BCUT2D eigenvalue weighted by molar-refractivity contribution is -0.146. The van der Waals surface area contributed by atoms with Crippen LogP contribution in [0, 0.1) is 0 Å². The van der Waals surface area contributed by atoms with Gasteiger partial charge < -0.3 is 14.8 Å². The van der Waals surface area contributed by atoms with E-state index in [1.54, 1.807) is 6.92 Å². The molecule has 0 aromatic heterocycles. The van der Waals surface area contributed by atoms with E-state index in [0.29, 0.717) is 13.2 Å². The van der Waals surface area contributed by atoms with Gasteiger partial charge in [0.05, 0.1) is 13.2 Å². The Morgan fingerprint density at radius 1 is 1.14 bits per heavy atom. The second-order valence-electron chi connectivity index (χ2n) is 4.56. The SMILES string of the molecule is CCOC(=O)CC(=O)COCCNCCc1ccccc1. The zero-order chi connectivity index (χ0) is 15.3. The lowest BCUT2D eigenvalue weighted by atomic mass is 10.1. The van der Waals surface area contributed by atoms with Crippen LogP contribution in [0.5, 0.6) is 0 Å². The molecule has 116 valence electrons. The minimum Gasteiger partial charge on any atom is -0.466 e. The van der Waals surface area contributed by atoms with Gasteiger partial charge in [0.25, 0.3) is 0 Å². The van der Waals surface area contributed by atoms with Gasteiger partial charge in [-0.3, -0.25) is 9.59 Å². The number of ether oxygens (including phenoxy) is 2. The van der Waals surface area contributed by atoms with Crippen LogP contribution < -0.4 is 5.32 Å². The van der Waals surface area contributed by atoms with Crippen molar-refractivity contribution in [3.05, 3.63) is 35.9 Å². The van der Waals surface area contributed by atoms with Crippen molar-refractivity contribution in [1.82, 2.24) is 5.32 Å². The van der Waals surface area contributed by atoms with Crippen molar-refractivity contribution in [2.24, 2.45) is 0 Å². The first kappa shape index (κ1) is 17.3. The van der Waals surface area contributed by atoms with Crippen LogP contribution in [0.3, 0.4) is 0 Å². The number of ketones is 1. The Kier molecular flexibility index (Phi) is 9.08. The molecule has 0 bridgehead atoms. The predicted octanol–water partition coefficient (Wildman–Crippen LogP) is 1.36. The first-order valence-electron chi connectivity index (χ1n) is 7.22. The first-order valence-corrected chi connectivity index (χ1v) is 7.22. The molecule has 1 N–H and O–H groups in total. The van der Waals surface area contributed by atoms with Gasteiger partial charge in [0.15, 0.2) is 5.78 Å². The summed E-state index contributed by atoms with van der Waals surface area (Å²) in [5, 5.41) is 3.24. The number of carbonyl (C=O) groups is 2. The van der Waals surface area contributed by atoms with E-state index in [4.69, 9.17) is 4.74 Å². The summed E-state index contributed by atoms with van der Waals surface area (Å²) in [5.74, 6) is -0.746. The van der Waals surface area contributed by atoms with E-state index in [9.17, 15) is 9.59 Å². The molecule has 0 amide bonds. The fourth-order valence-corrected chi connectivity index (χ4v) is 1.76. The number of nitrogens with one attached hydrogen (secondary N) is 1. The predicted molar refractivity (Wildman–Crippen MR) is 80.1 cm³/mol. The number of rotatable bonds is 11. The summed E-state index contributed by atoms with van der Waals surface area (Å²) >= 11 is 0. The van der Waals surface area contributed by atoms with Crippen molar-refractivity contribution >= 4 is 11.8 Å². The largest absolute Gasteiger partial charge is 0.466 e. The van der Waals surface area contributed by atoms with Crippen molar-refractivity contribution in [3.63, 3.8) is 0 Å². The van der Waals surface area contributed by atoms with Gasteiger partial charge in [-0.05, 0) is 25.5 Å². The summed E-state index contributed by atoms with van der Waals surface area (Å²) in [4.78, 5) is 22.4. The van der Waals surface area contributed by atoms with Gasteiger partial charge in [-0.2, -0.15) is 0 Å². The van der Waals surface area contributed by atoms with Gasteiger partial charge in [0.1, 0.15) is 13.0 Å². The monoisotopic (exact) mass is 293 g/mol. The summed E-state index contributed by atoms with van der Waals surface area (Å²) < 4.78 is 9.89. The molecule has 0 radical (unpaired) electrons. The lowest BCUT2D eigenvalue weighted by Gasteiger charge is -2.06. The van der Waals surface area contributed by atoms with Crippen molar-refractivity contribution in [2.45, 2.75) is 19.8 Å². The Labute approximate surface area is 125 Å². The molecule has 1 aromatic carbocycles. The van der Waals surface area contributed by atoms with Gasteiger partial charge in [-0.1, -0.05) is 30.3 Å². The third-order valence-corrected chi connectivity index (χ3v) is 2.77. The van der Waals surface area contributed by atoms with Crippen molar-refractivity contribution in [1.29, 1.82) is 0 Å². The fraction of sp³-hybridized carbons (Fsp3) is 0.500. The molecule has 5 nitrogen and oxygen atoms in total. The topological polar surface area (TPSA) is 64.6 Å². The zero-order valence-corrected chi connectivity index (χ0v) is 12.5. The Hall–Kier alpha value is -1.72. The van der Waals surface area contributed by atoms with Crippen LogP contribution in [-0.2, 0) is 25.5 Å². The molecule has 0 aliphatic rings. The second kappa shape index (κ2) is 11.0. The Bertz CT molecular complexity index is 420. The summed E-state index contributed by atoms with van der Waals surface area (Å²) in [5.41, 5.74) is 1.29. The maximum absolute atomic E-state index is 11.4. The number of hydrogen-bond acceptors (Lipinski definition) is 5. The van der Waals surface area contributed by atoms with Crippen LogP contribution in [0.2, 0.25) is 0 Å². The molecule has 0 spiro atoms. The normalized spacial score (nSPS) is 10.3. The van der Waals surface area contributed by atoms with Crippen molar-refractivity contribution in [3.8, 4) is 0 Å². The molecule has 0 heterocycles. The minimum atomic E-state index is -0.493. The molecular weight excluding hydrogens is 270 g/mol. The molecule has 21 heavy (non-hydrogen) atoms. The second-order valence-corrected chi connectivity index (χ2v) is 4.56. The quantitative estimate of drug-likeness (QED) is 0.379. The molecule has 0 atom stereocenters. The van der Waals surface area contributed by atoms with Crippen molar-refractivity contribution in [2.75, 3.05) is 32.9 Å². The minimum absolute atomic E-state index is 0.0425. The molecule has 1 rings (SSSR count). The lowest BCUT2D eigenvalue weighted by Crippen LogP contribution is -2.24. The van der Waals surface area contributed by atoms with Crippen LogP contribution >= 0.6 is 0 Å². The van der Waals surface area contributed by atoms with Crippen LogP contribution in [0.1, 0.15) is 18.9 Å². The Balaban J connectivity index is 1.95. The third-order valence-electron chi connectivity index (χ3n) is 2.77. The number of hydrogen-bond donors (Lipinski definition) is 1. The van der Waals surface area contributed by atoms with E-state index in [-0.39, 0.29) is 25.4 Å². The van der Waals surface area contributed by atoms with Gasteiger partial charge in [0, 0.05) is 6.54 Å². The average Bonchev–Trinajstić information content (AvgIpc) is 2.47. The highest BCUT2D eigenvalue weighted by atomic mass is 16.5. The highest BCUT2D eigenvalue weighted by Crippen LogP contribution is 1.97. The van der Waals surface area contributed by atoms with E-state index in [1.807, 2.05) is 18.2 Å². The summed E-state index contributed by atoms with van der Waals surface area (Å²) in [6, 6.07) is 10.2. The molecule has 0 aliphatic heterocycles. The summed E-state index contributed by atoms with van der Waals surface area (Å²) in [6.07, 6.45) is 0.748. The molecule has 0 fully saturated rings. The number of Topliss-reactive ketones (excluding diaryl/α,β-unsaturated/α-hetero) is 1. The molecule has 1 aromatic rings. The van der Waals surface area contributed by atoms with E-state index in [0.717, 1.165) is 13.0 Å². The molecular formula is C16H23NO4. The average molecular weight is 293 g/mol. The van der Waals surface area contributed by atoms with Crippen LogP contribution in [-0.4, -0.2) is 44.7 Å². The maximum atomic E-state index is 11.4. The number of esters is 1.